The standard InChI is InChI=1S/C18H26FNO/c1-21-18-10-11-20(17-4-2-3-5-17)13-15(18)12-14-6-8-16(19)9-7-14/h6-9,15,17-18H,2-5,10-13H2,1H3/t15-,18-/m1/s1. The van der Waals surface area contributed by atoms with Crippen molar-refractivity contribution in [1.29, 1.82) is 0 Å². The molecule has 0 unspecified atom stereocenters. The summed E-state index contributed by atoms with van der Waals surface area (Å²) in [5, 5.41) is 0. The van der Waals surface area contributed by atoms with Crippen LogP contribution in [0, 0.1) is 11.7 Å². The molecule has 2 nitrogen and oxygen atoms in total. The minimum atomic E-state index is -0.154. The van der Waals surface area contributed by atoms with Crippen molar-refractivity contribution in [2.75, 3.05) is 20.2 Å². The number of benzene rings is 1. The summed E-state index contributed by atoms with van der Waals surface area (Å²) in [6.07, 6.45) is 7.95. The van der Waals surface area contributed by atoms with E-state index in [4.69, 9.17) is 4.74 Å². The van der Waals surface area contributed by atoms with Gasteiger partial charge in [0.2, 0.25) is 0 Å². The number of nitrogens with zero attached hydrogens (tertiary/aromatic N) is 1. The molecule has 21 heavy (non-hydrogen) atoms. The number of methoxy groups -OCH3 is 1. The van der Waals surface area contributed by atoms with Gasteiger partial charge < -0.3 is 4.74 Å². The Morgan fingerprint density at radius 3 is 2.52 bits per heavy atom. The van der Waals surface area contributed by atoms with Crippen LogP contribution in [0.15, 0.2) is 24.3 Å². The molecule has 1 aromatic carbocycles. The highest BCUT2D eigenvalue weighted by Gasteiger charge is 2.33. The van der Waals surface area contributed by atoms with E-state index in [1.165, 1.54) is 37.8 Å². The molecule has 3 heteroatoms. The van der Waals surface area contributed by atoms with Crippen molar-refractivity contribution in [3.8, 4) is 0 Å². The van der Waals surface area contributed by atoms with E-state index in [0.717, 1.165) is 25.4 Å². The lowest BCUT2D eigenvalue weighted by Gasteiger charge is -2.41. The van der Waals surface area contributed by atoms with E-state index in [0.29, 0.717) is 12.0 Å². The molecule has 1 saturated heterocycles. The summed E-state index contributed by atoms with van der Waals surface area (Å²) in [6.45, 7) is 2.30. The first kappa shape index (κ1) is 15.0. The van der Waals surface area contributed by atoms with Crippen LogP contribution < -0.4 is 0 Å². The van der Waals surface area contributed by atoms with E-state index in [9.17, 15) is 4.39 Å². The molecule has 3 rings (SSSR count). The fourth-order valence-corrected chi connectivity index (χ4v) is 4.07. The predicted octanol–water partition coefficient (Wildman–Crippen LogP) is 3.65. The smallest absolute Gasteiger partial charge is 0.123 e. The third kappa shape index (κ3) is 3.64. The van der Waals surface area contributed by atoms with Gasteiger partial charge in [-0.3, -0.25) is 4.90 Å². The van der Waals surface area contributed by atoms with Crippen molar-refractivity contribution in [2.45, 2.75) is 50.7 Å². The molecule has 1 aliphatic carbocycles. The maximum Gasteiger partial charge on any atom is 0.123 e. The summed E-state index contributed by atoms with van der Waals surface area (Å²) < 4.78 is 18.8. The predicted molar refractivity (Wildman–Crippen MR) is 82.8 cm³/mol. The molecule has 1 aliphatic heterocycles. The van der Waals surface area contributed by atoms with E-state index >= 15 is 0 Å². The van der Waals surface area contributed by atoms with E-state index in [1.54, 1.807) is 12.1 Å². The van der Waals surface area contributed by atoms with Gasteiger partial charge in [-0.15, -0.1) is 0 Å². The van der Waals surface area contributed by atoms with Gasteiger partial charge in [0.25, 0.3) is 0 Å². The second-order valence-electron chi connectivity index (χ2n) is 6.59. The largest absolute Gasteiger partial charge is 0.381 e. The van der Waals surface area contributed by atoms with E-state index in [-0.39, 0.29) is 5.82 Å². The van der Waals surface area contributed by atoms with Crippen LogP contribution in [0.1, 0.15) is 37.7 Å². The molecule has 0 bridgehead atoms. The van der Waals surface area contributed by atoms with E-state index < -0.39 is 0 Å². The molecule has 116 valence electrons. The second-order valence-corrected chi connectivity index (χ2v) is 6.59. The highest BCUT2D eigenvalue weighted by molar-refractivity contribution is 5.17. The van der Waals surface area contributed by atoms with Gasteiger partial charge in [-0.25, -0.2) is 4.39 Å². The van der Waals surface area contributed by atoms with Crippen molar-refractivity contribution >= 4 is 0 Å². The molecule has 0 spiro atoms. The van der Waals surface area contributed by atoms with Gasteiger partial charge in [0.15, 0.2) is 0 Å². The van der Waals surface area contributed by atoms with Crippen LogP contribution in [0.25, 0.3) is 0 Å². The zero-order valence-corrected chi connectivity index (χ0v) is 12.9. The van der Waals surface area contributed by atoms with Crippen LogP contribution in [0.4, 0.5) is 4.39 Å². The van der Waals surface area contributed by atoms with Crippen molar-refractivity contribution in [3.05, 3.63) is 35.6 Å². The maximum absolute atomic E-state index is 13.0. The van der Waals surface area contributed by atoms with Crippen LogP contribution >= 0.6 is 0 Å². The molecule has 2 atom stereocenters. The lowest BCUT2D eigenvalue weighted by molar-refractivity contribution is -0.0176. The lowest BCUT2D eigenvalue weighted by atomic mass is 9.87. The molecule has 1 aromatic rings. The monoisotopic (exact) mass is 291 g/mol. The summed E-state index contributed by atoms with van der Waals surface area (Å²) >= 11 is 0. The molecule has 0 radical (unpaired) electrons. The van der Waals surface area contributed by atoms with Gasteiger partial charge in [-0.2, -0.15) is 0 Å². The quantitative estimate of drug-likeness (QED) is 0.839. The Hall–Kier alpha value is -0.930. The van der Waals surface area contributed by atoms with Crippen molar-refractivity contribution in [3.63, 3.8) is 0 Å². The first-order valence-corrected chi connectivity index (χ1v) is 8.27. The molecule has 1 heterocycles. The minimum Gasteiger partial charge on any atom is -0.381 e. The van der Waals surface area contributed by atoms with E-state index in [1.807, 2.05) is 19.2 Å². The maximum atomic E-state index is 13.0. The molecule has 0 N–H and O–H groups in total. The Morgan fingerprint density at radius 1 is 1.14 bits per heavy atom. The summed E-state index contributed by atoms with van der Waals surface area (Å²) in [4.78, 5) is 2.68. The topological polar surface area (TPSA) is 12.5 Å². The fraction of sp³-hybridized carbons (Fsp3) is 0.667. The number of halogens is 1. The van der Waals surface area contributed by atoms with Crippen LogP contribution in [0.5, 0.6) is 0 Å². The van der Waals surface area contributed by atoms with Gasteiger partial charge in [0, 0.05) is 32.2 Å². The summed E-state index contributed by atoms with van der Waals surface area (Å²) in [6, 6.07) is 7.75. The SMILES string of the molecule is CO[C@@H]1CCN(C2CCCC2)C[C@H]1Cc1ccc(F)cc1. The summed E-state index contributed by atoms with van der Waals surface area (Å²) in [5.74, 6) is 0.369. The Balaban J connectivity index is 1.65. The summed E-state index contributed by atoms with van der Waals surface area (Å²) in [5.41, 5.74) is 1.22. The average Bonchev–Trinajstić information content (AvgIpc) is 3.04. The Kier molecular flexibility index (Phi) is 4.91. The number of ether oxygens (including phenoxy) is 1. The van der Waals surface area contributed by atoms with Crippen molar-refractivity contribution in [1.82, 2.24) is 4.90 Å². The third-order valence-corrected chi connectivity index (χ3v) is 5.25. The number of piperidine rings is 1. The fourth-order valence-electron chi connectivity index (χ4n) is 4.07. The van der Waals surface area contributed by atoms with Gasteiger partial charge in [-0.1, -0.05) is 25.0 Å². The molecule has 0 aromatic heterocycles. The van der Waals surface area contributed by atoms with Crippen LogP contribution in [-0.2, 0) is 11.2 Å². The number of likely N-dealkylation sites (tertiary alicyclic amines) is 1. The third-order valence-electron chi connectivity index (χ3n) is 5.25. The van der Waals surface area contributed by atoms with Crippen molar-refractivity contribution < 1.29 is 9.13 Å². The van der Waals surface area contributed by atoms with Crippen LogP contribution in [-0.4, -0.2) is 37.2 Å². The first-order chi connectivity index (χ1) is 10.3. The zero-order valence-electron chi connectivity index (χ0n) is 12.9. The average molecular weight is 291 g/mol. The number of hydrogen-bond acceptors (Lipinski definition) is 2. The van der Waals surface area contributed by atoms with Gasteiger partial charge >= 0.3 is 0 Å². The summed E-state index contributed by atoms with van der Waals surface area (Å²) in [7, 11) is 1.83. The van der Waals surface area contributed by atoms with Crippen molar-refractivity contribution in [2.24, 2.45) is 5.92 Å². The highest BCUT2D eigenvalue weighted by atomic mass is 19.1. The number of rotatable bonds is 4. The molecule has 2 aliphatic rings. The lowest BCUT2D eigenvalue weighted by Crippen LogP contribution is -2.48. The number of hydrogen-bond donors (Lipinski definition) is 0. The molecule has 2 fully saturated rings. The van der Waals surface area contributed by atoms with Crippen LogP contribution in [0.3, 0.4) is 0 Å². The first-order valence-electron chi connectivity index (χ1n) is 8.27. The molecule has 1 saturated carbocycles. The Labute approximate surface area is 127 Å². The zero-order chi connectivity index (χ0) is 14.7. The Bertz CT molecular complexity index is 441. The normalized spacial score (nSPS) is 28.1. The van der Waals surface area contributed by atoms with E-state index in [2.05, 4.69) is 4.90 Å². The van der Waals surface area contributed by atoms with Gasteiger partial charge in [0.05, 0.1) is 6.10 Å². The Morgan fingerprint density at radius 2 is 1.86 bits per heavy atom. The molecular weight excluding hydrogens is 265 g/mol. The second kappa shape index (κ2) is 6.89. The van der Waals surface area contributed by atoms with Gasteiger partial charge in [0.1, 0.15) is 5.82 Å². The molecular formula is C18H26FNO. The minimum absolute atomic E-state index is 0.154. The molecule has 0 amide bonds. The van der Waals surface area contributed by atoms with Gasteiger partial charge in [-0.05, 0) is 43.4 Å². The van der Waals surface area contributed by atoms with Crippen LogP contribution in [0.2, 0.25) is 0 Å². The highest BCUT2D eigenvalue weighted by Crippen LogP contribution is 2.30.